The van der Waals surface area contributed by atoms with Gasteiger partial charge in [0.1, 0.15) is 14.7 Å². The first-order chi connectivity index (χ1) is 14.0. The minimum atomic E-state index is -3.55. The molecule has 0 radical (unpaired) electrons. The van der Waals surface area contributed by atoms with Gasteiger partial charge in [-0.1, -0.05) is 52.4 Å². The number of nitro groups is 1. The van der Waals surface area contributed by atoms with E-state index in [0.29, 0.717) is 10.5 Å². The van der Waals surface area contributed by atoms with Crippen molar-refractivity contribution in [2.75, 3.05) is 14.2 Å². The molecule has 8 nitrogen and oxygen atoms in total. The number of hydrogen-bond donors (Lipinski definition) is 1. The first kappa shape index (κ1) is 25.1. The average Bonchev–Trinajstić information content (AvgIpc) is 2.70. The highest BCUT2D eigenvalue weighted by atomic mass is 127. The van der Waals surface area contributed by atoms with E-state index in [1.54, 1.807) is 12.1 Å². The molecule has 0 amide bonds. The van der Waals surface area contributed by atoms with Gasteiger partial charge < -0.3 is 9.05 Å². The molecule has 2 rings (SSSR count). The summed E-state index contributed by atoms with van der Waals surface area (Å²) in [6, 6.07) is 8.95. The van der Waals surface area contributed by atoms with E-state index in [2.05, 4.69) is 4.72 Å². The van der Waals surface area contributed by atoms with Gasteiger partial charge in [-0.3, -0.25) is 14.7 Å². The van der Waals surface area contributed by atoms with Crippen molar-refractivity contribution in [1.29, 1.82) is 0 Å². The predicted octanol–water partition coefficient (Wildman–Crippen LogP) is 5.12. The summed E-state index contributed by atoms with van der Waals surface area (Å²) in [4.78, 5) is 11.1. The monoisotopic (exact) mass is 566 g/mol. The number of benzene rings is 2. The third kappa shape index (κ3) is 5.54. The summed E-state index contributed by atoms with van der Waals surface area (Å²) >= 11 is 1.94. The van der Waals surface area contributed by atoms with Crippen molar-refractivity contribution < 1.29 is 22.7 Å². The van der Waals surface area contributed by atoms with Gasteiger partial charge in [-0.2, -0.15) is 0 Å². The van der Waals surface area contributed by atoms with Crippen molar-refractivity contribution in [3.8, 4) is 0 Å². The molecule has 3 atom stereocenters. The zero-order valence-electron chi connectivity index (χ0n) is 17.2. The molecule has 2 aromatic carbocycles. The number of nitrogens with zero attached hydrogens (tertiary/aromatic N) is 1. The number of non-ortho nitro benzene ring substituents is 1. The van der Waals surface area contributed by atoms with E-state index in [0.717, 1.165) is 16.7 Å². The Balaban J connectivity index is 2.49. The summed E-state index contributed by atoms with van der Waals surface area (Å²) in [5.41, 5.74) is 3.30. The summed E-state index contributed by atoms with van der Waals surface area (Å²) in [5.74, 6) is 0. The summed E-state index contributed by atoms with van der Waals surface area (Å²) in [6.07, 6.45) is 0. The highest BCUT2D eigenvalue weighted by Gasteiger charge is 2.40. The number of hydrogen-bond acceptors (Lipinski definition) is 6. The zero-order valence-corrected chi connectivity index (χ0v) is 21.1. The lowest BCUT2D eigenvalue weighted by molar-refractivity contribution is -0.384. The lowest BCUT2D eigenvalue weighted by Crippen LogP contribution is -2.31. The lowest BCUT2D eigenvalue weighted by Gasteiger charge is -2.28. The number of nitro benzene ring substituents is 1. The molecule has 30 heavy (non-hydrogen) atoms. The Labute approximate surface area is 192 Å². The van der Waals surface area contributed by atoms with Crippen LogP contribution in [-0.4, -0.2) is 27.0 Å². The molecular formula is C19H24IN2O6PS. The molecule has 0 aliphatic heterocycles. The zero-order chi connectivity index (χ0) is 22.6. The van der Waals surface area contributed by atoms with Crippen molar-refractivity contribution in [3.63, 3.8) is 0 Å². The van der Waals surface area contributed by atoms with Crippen LogP contribution in [-0.2, 0) is 24.6 Å². The summed E-state index contributed by atoms with van der Waals surface area (Å²) in [5, 5.41) is 11.0. The molecule has 0 aliphatic rings. The maximum Gasteiger partial charge on any atom is 0.344 e. The molecule has 0 spiro atoms. The topological polar surface area (TPSA) is 108 Å². The van der Waals surface area contributed by atoms with Crippen LogP contribution in [0.15, 0.2) is 41.3 Å². The van der Waals surface area contributed by atoms with E-state index >= 15 is 0 Å². The van der Waals surface area contributed by atoms with Gasteiger partial charge in [-0.15, -0.1) is 0 Å². The van der Waals surface area contributed by atoms with Crippen LogP contribution in [0.2, 0.25) is 0 Å². The van der Waals surface area contributed by atoms with Gasteiger partial charge in [0.2, 0.25) is 0 Å². The molecule has 0 aliphatic carbocycles. The second-order valence-corrected chi connectivity index (χ2v) is 12.6. The number of nitrogens with one attached hydrogen (secondary N) is 1. The molecule has 0 heterocycles. The highest BCUT2D eigenvalue weighted by molar-refractivity contribution is 14.1. The maximum atomic E-state index is 13.3. The van der Waals surface area contributed by atoms with E-state index < -0.39 is 33.2 Å². The third-order valence-corrected chi connectivity index (χ3v) is 10.7. The molecule has 11 heteroatoms. The standard InChI is InChI=1S/C19H24IN2O6PS/c1-12-10-13(2)18(14(3)11-12)30(26)21-17(19(20)29(25,27-4)28-5)15-6-8-16(9-7-15)22(23)24/h6-11,17,19,21H,1-5H3/t17-,19-,30+/m1/s1. The van der Waals surface area contributed by atoms with Crippen LogP contribution in [0.5, 0.6) is 0 Å². The SMILES string of the molecule is COP(=O)(OC)[C@@H](I)[C@H](N[S@@](=O)c1c(C)cc(C)cc1C)c1ccc([N+](=O)[O-])cc1. The van der Waals surface area contributed by atoms with E-state index in [9.17, 15) is 18.9 Å². The molecule has 2 aromatic rings. The van der Waals surface area contributed by atoms with Crippen LogP contribution in [0, 0.1) is 30.9 Å². The normalized spacial score (nSPS) is 14.9. The van der Waals surface area contributed by atoms with E-state index in [1.807, 2.05) is 55.5 Å². The molecule has 0 unspecified atom stereocenters. The number of halogens is 1. The fourth-order valence-electron chi connectivity index (χ4n) is 3.18. The van der Waals surface area contributed by atoms with Crippen LogP contribution < -0.4 is 4.72 Å². The second-order valence-electron chi connectivity index (χ2n) is 6.72. The Hall–Kier alpha value is -1.17. The van der Waals surface area contributed by atoms with Gasteiger partial charge in [-0.25, -0.2) is 8.93 Å². The van der Waals surface area contributed by atoms with Crippen LogP contribution in [0.25, 0.3) is 0 Å². The lowest BCUT2D eigenvalue weighted by atomic mass is 10.1. The molecule has 0 aromatic heterocycles. The first-order valence-corrected chi connectivity index (χ1v) is 12.9. The smallest absolute Gasteiger partial charge is 0.311 e. The summed E-state index contributed by atoms with van der Waals surface area (Å²) in [6.45, 7) is 5.73. The molecule has 0 bridgehead atoms. The van der Waals surface area contributed by atoms with Crippen LogP contribution in [0.4, 0.5) is 5.69 Å². The summed E-state index contributed by atoms with van der Waals surface area (Å²) in [7, 11) is -2.62. The third-order valence-electron chi connectivity index (χ3n) is 4.57. The van der Waals surface area contributed by atoms with Gasteiger partial charge in [0.25, 0.3) is 5.69 Å². The van der Waals surface area contributed by atoms with Gasteiger partial charge in [-0.05, 0) is 37.5 Å². The minimum Gasteiger partial charge on any atom is -0.311 e. The first-order valence-electron chi connectivity index (χ1n) is 8.89. The highest BCUT2D eigenvalue weighted by Crippen LogP contribution is 2.58. The van der Waals surface area contributed by atoms with Gasteiger partial charge in [0.15, 0.2) is 0 Å². The number of alkyl halides is 1. The van der Waals surface area contributed by atoms with E-state index in [4.69, 9.17) is 9.05 Å². The second kappa shape index (κ2) is 10.4. The molecule has 0 saturated heterocycles. The Bertz CT molecular complexity index is 970. The predicted molar refractivity (Wildman–Crippen MR) is 125 cm³/mol. The van der Waals surface area contributed by atoms with Crippen LogP contribution in [0.3, 0.4) is 0 Å². The molecule has 0 fully saturated rings. The van der Waals surface area contributed by atoms with Crippen LogP contribution >= 0.6 is 30.2 Å². The van der Waals surface area contributed by atoms with Crippen LogP contribution in [0.1, 0.15) is 28.3 Å². The van der Waals surface area contributed by atoms with E-state index in [-0.39, 0.29) is 5.69 Å². The Morgan fingerprint density at radius 3 is 2.03 bits per heavy atom. The number of aryl methyl sites for hydroxylation is 3. The Morgan fingerprint density at radius 1 is 1.10 bits per heavy atom. The maximum absolute atomic E-state index is 13.3. The fraction of sp³-hybridized carbons (Fsp3) is 0.368. The summed E-state index contributed by atoms with van der Waals surface area (Å²) < 4.78 is 38.9. The molecule has 1 N–H and O–H groups in total. The molecular weight excluding hydrogens is 542 g/mol. The van der Waals surface area contributed by atoms with E-state index in [1.165, 1.54) is 26.4 Å². The largest absolute Gasteiger partial charge is 0.344 e. The minimum absolute atomic E-state index is 0.0736. The van der Waals surface area contributed by atoms with Crippen molar-refractivity contribution in [3.05, 3.63) is 68.8 Å². The van der Waals surface area contributed by atoms with Crippen molar-refractivity contribution >= 4 is 46.9 Å². The fourth-order valence-corrected chi connectivity index (χ4v) is 7.97. The Kier molecular flexibility index (Phi) is 8.72. The molecule has 164 valence electrons. The van der Waals surface area contributed by atoms with Gasteiger partial charge in [0.05, 0.1) is 15.9 Å². The Morgan fingerprint density at radius 2 is 1.60 bits per heavy atom. The van der Waals surface area contributed by atoms with Gasteiger partial charge in [0, 0.05) is 26.4 Å². The molecule has 0 saturated carbocycles. The van der Waals surface area contributed by atoms with Gasteiger partial charge >= 0.3 is 7.60 Å². The van der Waals surface area contributed by atoms with Crippen molar-refractivity contribution in [2.24, 2.45) is 0 Å². The average molecular weight is 566 g/mol. The number of rotatable bonds is 9. The quantitative estimate of drug-likeness (QED) is 0.149. The van der Waals surface area contributed by atoms with Crippen molar-refractivity contribution in [2.45, 2.75) is 35.4 Å². The van der Waals surface area contributed by atoms with Crippen molar-refractivity contribution in [1.82, 2.24) is 4.72 Å².